The summed E-state index contributed by atoms with van der Waals surface area (Å²) < 4.78 is 17.5. The minimum absolute atomic E-state index is 0.0507. The fourth-order valence-electron chi connectivity index (χ4n) is 4.93. The Morgan fingerprint density at radius 1 is 0.897 bits per heavy atom. The Morgan fingerprint density at radius 3 is 2.13 bits per heavy atom. The molecule has 1 N–H and O–H groups in total. The van der Waals surface area contributed by atoms with Gasteiger partial charge in [0.1, 0.15) is 5.76 Å². The van der Waals surface area contributed by atoms with Crippen LogP contribution in [0.5, 0.6) is 17.2 Å². The van der Waals surface area contributed by atoms with Crippen LogP contribution in [0, 0.1) is 20.8 Å². The maximum absolute atomic E-state index is 13.7. The Balaban J connectivity index is 1.80. The van der Waals surface area contributed by atoms with Crippen molar-refractivity contribution in [3.8, 4) is 17.2 Å². The number of rotatable bonds is 6. The number of thiazole rings is 1. The van der Waals surface area contributed by atoms with Gasteiger partial charge in [0.2, 0.25) is 5.75 Å². The number of anilines is 1. The number of hydrogen-bond acceptors (Lipinski definition) is 8. The number of carbonyl (C=O) groups excluding carboxylic acids is 2. The first-order valence-corrected chi connectivity index (χ1v) is 13.1. The van der Waals surface area contributed by atoms with E-state index < -0.39 is 17.7 Å². The summed E-state index contributed by atoms with van der Waals surface area (Å²) in [4.78, 5) is 33.4. The van der Waals surface area contributed by atoms with Crippen LogP contribution >= 0.6 is 11.3 Å². The summed E-state index contributed by atoms with van der Waals surface area (Å²) in [5, 5.41) is 11.8. The van der Waals surface area contributed by atoms with E-state index in [1.54, 1.807) is 24.3 Å². The first-order valence-electron chi connectivity index (χ1n) is 12.2. The van der Waals surface area contributed by atoms with Crippen molar-refractivity contribution in [1.82, 2.24) is 4.98 Å². The Bertz CT molecular complexity index is 1630. The molecule has 9 heteroatoms. The highest BCUT2D eigenvalue weighted by Gasteiger charge is 2.48. The molecule has 1 aromatic heterocycles. The number of aryl methyl sites for hydroxylation is 3. The summed E-state index contributed by atoms with van der Waals surface area (Å²) in [6.07, 6.45) is 0. The molecule has 1 aliphatic heterocycles. The second-order valence-corrected chi connectivity index (χ2v) is 10.4. The summed E-state index contributed by atoms with van der Waals surface area (Å²) in [7, 11) is 4.47. The molecule has 2 heterocycles. The van der Waals surface area contributed by atoms with Gasteiger partial charge < -0.3 is 19.3 Å². The summed E-state index contributed by atoms with van der Waals surface area (Å²) in [5.74, 6) is -0.796. The van der Waals surface area contributed by atoms with Crippen LogP contribution in [0.25, 0.3) is 16.0 Å². The molecule has 1 amide bonds. The summed E-state index contributed by atoms with van der Waals surface area (Å²) in [6, 6.07) is 13.5. The van der Waals surface area contributed by atoms with E-state index in [-0.39, 0.29) is 11.3 Å². The largest absolute Gasteiger partial charge is 0.507 e. The zero-order chi connectivity index (χ0) is 28.0. The molecular weight excluding hydrogens is 516 g/mol. The molecule has 200 valence electrons. The van der Waals surface area contributed by atoms with E-state index in [1.165, 1.54) is 37.6 Å². The summed E-state index contributed by atoms with van der Waals surface area (Å²) in [6.45, 7) is 5.88. The molecule has 0 bridgehead atoms. The monoisotopic (exact) mass is 544 g/mol. The van der Waals surface area contributed by atoms with E-state index in [2.05, 4.69) is 0 Å². The number of ether oxygens (including phenoxy) is 3. The molecule has 39 heavy (non-hydrogen) atoms. The van der Waals surface area contributed by atoms with Crippen LogP contribution in [-0.4, -0.2) is 43.1 Å². The van der Waals surface area contributed by atoms with Crippen LogP contribution in [0.2, 0.25) is 0 Å². The number of aromatic nitrogens is 1. The molecule has 3 aromatic carbocycles. The molecule has 1 aliphatic rings. The number of aliphatic hydroxyl groups is 1. The lowest BCUT2D eigenvalue weighted by molar-refractivity contribution is -0.132. The van der Waals surface area contributed by atoms with Crippen molar-refractivity contribution in [3.63, 3.8) is 0 Å². The molecule has 5 rings (SSSR count). The number of carbonyl (C=O) groups is 2. The number of ketones is 1. The van der Waals surface area contributed by atoms with E-state index >= 15 is 0 Å². The lowest BCUT2D eigenvalue weighted by Crippen LogP contribution is -2.29. The third-order valence-electron chi connectivity index (χ3n) is 6.80. The predicted octanol–water partition coefficient (Wildman–Crippen LogP) is 5.87. The molecule has 0 unspecified atom stereocenters. The third kappa shape index (κ3) is 4.38. The average molecular weight is 545 g/mol. The van der Waals surface area contributed by atoms with Gasteiger partial charge in [0, 0.05) is 5.56 Å². The van der Waals surface area contributed by atoms with Gasteiger partial charge in [-0.2, -0.15) is 0 Å². The maximum atomic E-state index is 13.7. The quantitative estimate of drug-likeness (QED) is 0.184. The van der Waals surface area contributed by atoms with Gasteiger partial charge >= 0.3 is 5.91 Å². The van der Waals surface area contributed by atoms with Gasteiger partial charge in [-0.25, -0.2) is 4.98 Å². The minimum Gasteiger partial charge on any atom is -0.507 e. The van der Waals surface area contributed by atoms with E-state index in [4.69, 9.17) is 19.2 Å². The van der Waals surface area contributed by atoms with E-state index in [0.717, 1.165) is 26.9 Å². The van der Waals surface area contributed by atoms with Crippen LogP contribution in [0.15, 0.2) is 54.1 Å². The number of amides is 1. The Hall–Kier alpha value is -4.37. The molecule has 0 spiro atoms. The highest BCUT2D eigenvalue weighted by molar-refractivity contribution is 7.22. The minimum atomic E-state index is -0.998. The molecule has 1 fully saturated rings. The maximum Gasteiger partial charge on any atom is 0.301 e. The molecule has 4 aromatic rings. The zero-order valence-electron chi connectivity index (χ0n) is 22.5. The van der Waals surface area contributed by atoms with Crippen LogP contribution < -0.4 is 19.1 Å². The van der Waals surface area contributed by atoms with Crippen molar-refractivity contribution < 1.29 is 28.9 Å². The van der Waals surface area contributed by atoms with E-state index in [0.29, 0.717) is 33.5 Å². The number of nitrogens with zero attached hydrogens (tertiary/aromatic N) is 2. The SMILES string of the molecule is COc1cc([C@@H]2/C(=C(\O)c3ccc(C)cc3)C(=O)C(=O)N2c2nc3c(C)cc(C)cc3s2)cc(OC)c1OC. The van der Waals surface area contributed by atoms with Crippen molar-refractivity contribution >= 4 is 44.1 Å². The first-order chi connectivity index (χ1) is 18.7. The lowest BCUT2D eigenvalue weighted by Gasteiger charge is -2.24. The van der Waals surface area contributed by atoms with Crippen LogP contribution in [-0.2, 0) is 9.59 Å². The smallest absolute Gasteiger partial charge is 0.301 e. The van der Waals surface area contributed by atoms with Crippen LogP contribution in [0.1, 0.15) is 33.9 Å². The van der Waals surface area contributed by atoms with Gasteiger partial charge in [0.25, 0.3) is 5.78 Å². The highest BCUT2D eigenvalue weighted by Crippen LogP contribution is 2.48. The fraction of sp³-hybridized carbons (Fsp3) is 0.233. The van der Waals surface area contributed by atoms with Gasteiger partial charge in [-0.3, -0.25) is 14.5 Å². The van der Waals surface area contributed by atoms with Crippen molar-refractivity contribution in [3.05, 3.63) is 81.9 Å². The second kappa shape index (κ2) is 10.1. The van der Waals surface area contributed by atoms with Crippen LogP contribution in [0.4, 0.5) is 5.13 Å². The predicted molar refractivity (Wildman–Crippen MR) is 151 cm³/mol. The molecule has 1 saturated heterocycles. The molecule has 0 radical (unpaired) electrons. The topological polar surface area (TPSA) is 98.2 Å². The normalized spacial score (nSPS) is 16.7. The summed E-state index contributed by atoms with van der Waals surface area (Å²) >= 11 is 1.32. The fourth-order valence-corrected chi connectivity index (χ4v) is 6.10. The molecular formula is C30H28N2O6S. The zero-order valence-corrected chi connectivity index (χ0v) is 23.3. The highest BCUT2D eigenvalue weighted by atomic mass is 32.1. The molecule has 1 atom stereocenters. The standard InChI is InChI=1S/C30H28N2O6S/c1-15-7-9-18(10-8-15)26(33)23-25(19-13-20(36-4)28(38-6)21(14-19)37-5)32(29(35)27(23)34)30-31-24-17(3)11-16(2)12-22(24)39-30/h7-14,25,33H,1-6H3/b26-23+/t25-/m1/s1. The molecule has 8 nitrogen and oxygen atoms in total. The van der Waals surface area contributed by atoms with Gasteiger partial charge in [-0.05, 0) is 55.7 Å². The van der Waals surface area contributed by atoms with Gasteiger partial charge in [0.15, 0.2) is 16.6 Å². The average Bonchev–Trinajstić information content (AvgIpc) is 3.46. The second-order valence-electron chi connectivity index (χ2n) is 9.42. The number of benzene rings is 3. The van der Waals surface area contributed by atoms with Crippen molar-refractivity contribution in [1.29, 1.82) is 0 Å². The molecule has 0 saturated carbocycles. The van der Waals surface area contributed by atoms with E-state index in [9.17, 15) is 14.7 Å². The number of hydrogen-bond donors (Lipinski definition) is 1. The number of Topliss-reactive ketones (excluding diaryl/α,β-unsaturated/α-hetero) is 1. The van der Waals surface area contributed by atoms with E-state index in [1.807, 2.05) is 45.0 Å². The van der Waals surface area contributed by atoms with Crippen molar-refractivity contribution in [2.75, 3.05) is 26.2 Å². The number of aliphatic hydroxyl groups excluding tert-OH is 1. The van der Waals surface area contributed by atoms with Gasteiger partial charge in [-0.1, -0.05) is 47.2 Å². The lowest BCUT2D eigenvalue weighted by atomic mass is 9.94. The Kier molecular flexibility index (Phi) is 6.78. The summed E-state index contributed by atoms with van der Waals surface area (Å²) in [5.41, 5.74) is 4.64. The third-order valence-corrected chi connectivity index (χ3v) is 7.80. The van der Waals surface area contributed by atoms with Gasteiger partial charge in [-0.15, -0.1) is 0 Å². The number of fused-ring (bicyclic) bond motifs is 1. The Morgan fingerprint density at radius 2 is 1.54 bits per heavy atom. The number of methoxy groups -OCH3 is 3. The van der Waals surface area contributed by atoms with Gasteiger partial charge in [0.05, 0.1) is 43.2 Å². The van der Waals surface area contributed by atoms with Crippen LogP contribution in [0.3, 0.4) is 0 Å². The first kappa shape index (κ1) is 26.2. The van der Waals surface area contributed by atoms with Crippen molar-refractivity contribution in [2.45, 2.75) is 26.8 Å². The van der Waals surface area contributed by atoms with Crippen molar-refractivity contribution in [2.24, 2.45) is 0 Å². The molecule has 0 aliphatic carbocycles. The Labute approximate surface area is 230 Å².